The quantitative estimate of drug-likeness (QED) is 0.356. The predicted molar refractivity (Wildman–Crippen MR) is 152 cm³/mol. The van der Waals surface area contributed by atoms with E-state index in [4.69, 9.17) is 0 Å². The van der Waals surface area contributed by atoms with Crippen LogP contribution in [0.3, 0.4) is 0 Å². The van der Waals surface area contributed by atoms with Crippen molar-refractivity contribution in [3.63, 3.8) is 0 Å². The minimum atomic E-state index is -4.06. The summed E-state index contributed by atoms with van der Waals surface area (Å²) in [5.41, 5.74) is 2.55. The van der Waals surface area contributed by atoms with Gasteiger partial charge in [-0.2, -0.15) is 0 Å². The van der Waals surface area contributed by atoms with Crippen molar-refractivity contribution in [1.82, 2.24) is 19.6 Å². The third kappa shape index (κ3) is 7.03. The van der Waals surface area contributed by atoms with Crippen molar-refractivity contribution >= 4 is 21.7 Å². The van der Waals surface area contributed by atoms with Gasteiger partial charge in [0.2, 0.25) is 15.9 Å². The summed E-state index contributed by atoms with van der Waals surface area (Å²) in [6, 6.07) is 10.0. The number of imidazole rings is 1. The van der Waals surface area contributed by atoms with E-state index in [0.29, 0.717) is 23.6 Å². The number of halogens is 1. The molecule has 2 aromatic carbocycles. The van der Waals surface area contributed by atoms with Crippen molar-refractivity contribution in [2.45, 2.75) is 82.7 Å². The van der Waals surface area contributed by atoms with E-state index in [0.717, 1.165) is 30.4 Å². The van der Waals surface area contributed by atoms with Gasteiger partial charge in [0.05, 0.1) is 29.2 Å². The summed E-state index contributed by atoms with van der Waals surface area (Å²) in [7, 11) is -4.06. The molecule has 1 aliphatic heterocycles. The molecule has 3 atom stereocenters. The van der Waals surface area contributed by atoms with Gasteiger partial charge in [-0.1, -0.05) is 30.7 Å². The Hall–Kier alpha value is -3.37. The van der Waals surface area contributed by atoms with Crippen LogP contribution < -0.4 is 4.72 Å². The third-order valence-electron chi connectivity index (χ3n) is 7.50. The second kappa shape index (κ2) is 12.4. The Morgan fingerprint density at radius 3 is 2.48 bits per heavy atom. The number of carbonyl (C=O) groups excluding carboxylic acids is 2. The van der Waals surface area contributed by atoms with Gasteiger partial charge < -0.3 is 9.88 Å². The molecule has 0 unspecified atom stereocenters. The summed E-state index contributed by atoms with van der Waals surface area (Å²) in [6.07, 6.45) is 3.97. The number of amides is 1. The van der Waals surface area contributed by atoms with E-state index >= 15 is 0 Å². The van der Waals surface area contributed by atoms with Crippen LogP contribution in [0.4, 0.5) is 4.39 Å². The van der Waals surface area contributed by atoms with Gasteiger partial charge in [0, 0.05) is 30.5 Å². The smallest absolute Gasteiger partial charge is 0.241 e. The summed E-state index contributed by atoms with van der Waals surface area (Å²) in [5.74, 6) is -1.000. The Bertz CT molecular complexity index is 1470. The highest BCUT2D eigenvalue weighted by molar-refractivity contribution is 7.89. The topological polar surface area (TPSA) is 112 Å². The number of aryl methyl sites for hydroxylation is 2. The number of rotatable bonds is 10. The van der Waals surface area contributed by atoms with Gasteiger partial charge in [-0.25, -0.2) is 22.5 Å². The number of nitrogens with one attached hydrogen (secondary N) is 2. The van der Waals surface area contributed by atoms with Crippen LogP contribution >= 0.6 is 0 Å². The van der Waals surface area contributed by atoms with Crippen molar-refractivity contribution in [1.29, 1.82) is 0 Å². The summed E-state index contributed by atoms with van der Waals surface area (Å²) in [6.45, 7) is 8.00. The van der Waals surface area contributed by atoms with Gasteiger partial charge in [-0.3, -0.25) is 9.59 Å². The molecule has 1 amide bonds. The van der Waals surface area contributed by atoms with E-state index < -0.39 is 27.8 Å². The average molecular weight is 569 g/mol. The fourth-order valence-electron chi connectivity index (χ4n) is 5.06. The number of aromatic nitrogens is 2. The first-order valence-electron chi connectivity index (χ1n) is 13.7. The minimum absolute atomic E-state index is 0.0264. The fourth-order valence-corrected chi connectivity index (χ4v) is 6.28. The molecule has 214 valence electrons. The molecule has 10 heteroatoms. The highest BCUT2D eigenvalue weighted by atomic mass is 32.2. The SMILES string of the molecule is Cc1ccc(S(=O)(=O)N[C@@H](CC(=O)N2CCCC[C@@H]2C)C(=O)C[C@@H](C)c2ncc(-c3ccc(C)cc3F)[nH]2)cc1. The Labute approximate surface area is 235 Å². The highest BCUT2D eigenvalue weighted by Gasteiger charge is 2.32. The van der Waals surface area contributed by atoms with E-state index in [1.54, 1.807) is 43.0 Å². The van der Waals surface area contributed by atoms with Crippen LogP contribution in [0.1, 0.15) is 68.8 Å². The molecule has 0 bridgehead atoms. The monoisotopic (exact) mass is 568 g/mol. The number of Topliss-reactive ketones (excluding diaryl/α,β-unsaturated/α-hetero) is 1. The number of hydrogen-bond donors (Lipinski definition) is 2. The molecule has 1 saturated heterocycles. The molecule has 4 rings (SSSR count). The Balaban J connectivity index is 1.53. The number of hydrogen-bond acceptors (Lipinski definition) is 5. The van der Waals surface area contributed by atoms with Crippen LogP contribution in [0, 0.1) is 19.7 Å². The van der Waals surface area contributed by atoms with Gasteiger partial charge in [-0.15, -0.1) is 0 Å². The number of carbonyl (C=O) groups is 2. The maximum Gasteiger partial charge on any atom is 0.241 e. The molecule has 0 spiro atoms. The largest absolute Gasteiger partial charge is 0.342 e. The number of ketones is 1. The zero-order valence-corrected chi connectivity index (χ0v) is 24.2. The van der Waals surface area contributed by atoms with Crippen molar-refractivity contribution in [2.75, 3.05) is 6.54 Å². The number of likely N-dealkylation sites (tertiary alicyclic amines) is 1. The summed E-state index contributed by atoms with van der Waals surface area (Å²) in [5, 5.41) is 0. The number of H-pyrrole nitrogens is 1. The zero-order valence-electron chi connectivity index (χ0n) is 23.4. The fraction of sp³-hybridized carbons (Fsp3) is 0.433. The van der Waals surface area contributed by atoms with Crippen LogP contribution in [0.15, 0.2) is 53.6 Å². The molecule has 1 aromatic heterocycles. The first-order valence-corrected chi connectivity index (χ1v) is 15.2. The highest BCUT2D eigenvalue weighted by Crippen LogP contribution is 2.26. The summed E-state index contributed by atoms with van der Waals surface area (Å²) in [4.78, 5) is 36.0. The van der Waals surface area contributed by atoms with Crippen LogP contribution in [-0.4, -0.2) is 53.6 Å². The van der Waals surface area contributed by atoms with Gasteiger partial charge in [0.1, 0.15) is 11.6 Å². The molecule has 0 saturated carbocycles. The lowest BCUT2D eigenvalue weighted by Gasteiger charge is -2.34. The first kappa shape index (κ1) is 29.6. The minimum Gasteiger partial charge on any atom is -0.342 e. The Morgan fingerprint density at radius 1 is 1.10 bits per heavy atom. The molecule has 3 aromatic rings. The molecular formula is C30H37FN4O4S. The lowest BCUT2D eigenvalue weighted by Crippen LogP contribution is -2.48. The van der Waals surface area contributed by atoms with Crippen molar-refractivity contribution < 1.29 is 22.4 Å². The van der Waals surface area contributed by atoms with Crippen LogP contribution in [0.25, 0.3) is 11.3 Å². The predicted octanol–water partition coefficient (Wildman–Crippen LogP) is 5.03. The maximum atomic E-state index is 14.5. The van der Waals surface area contributed by atoms with Crippen LogP contribution in [0.5, 0.6) is 0 Å². The normalized spacial score (nSPS) is 17.4. The van der Waals surface area contributed by atoms with Crippen LogP contribution in [-0.2, 0) is 19.6 Å². The zero-order chi connectivity index (χ0) is 29.0. The standard InChI is InChI=1S/C30H37FN4O4S/c1-19-8-11-23(12-9-19)40(38,39)34-26(17-29(37)35-14-6-5-7-22(35)4)28(36)16-21(3)30-32-18-27(33-30)24-13-10-20(2)15-25(24)31/h8-13,15,18,21-22,26,34H,5-7,14,16-17H2,1-4H3,(H,32,33)/t21-,22+,26+/m1/s1. The number of sulfonamides is 1. The Kier molecular flexibility index (Phi) is 9.20. The molecule has 1 aliphatic rings. The molecule has 0 aliphatic carbocycles. The second-order valence-electron chi connectivity index (χ2n) is 10.9. The summed E-state index contributed by atoms with van der Waals surface area (Å²) >= 11 is 0. The molecule has 40 heavy (non-hydrogen) atoms. The van der Waals surface area contributed by atoms with E-state index in [-0.39, 0.29) is 35.5 Å². The maximum absolute atomic E-state index is 14.5. The van der Waals surface area contributed by atoms with Gasteiger partial charge >= 0.3 is 0 Å². The van der Waals surface area contributed by atoms with E-state index in [1.807, 2.05) is 13.8 Å². The van der Waals surface area contributed by atoms with Crippen molar-refractivity contribution in [3.05, 3.63) is 71.4 Å². The molecule has 1 fully saturated rings. The lowest BCUT2D eigenvalue weighted by atomic mass is 9.97. The van der Waals surface area contributed by atoms with Crippen LogP contribution in [0.2, 0.25) is 0 Å². The summed E-state index contributed by atoms with van der Waals surface area (Å²) < 4.78 is 43.4. The third-order valence-corrected chi connectivity index (χ3v) is 8.99. The second-order valence-corrected chi connectivity index (χ2v) is 12.6. The van der Waals surface area contributed by atoms with Crippen molar-refractivity contribution in [2.24, 2.45) is 0 Å². The van der Waals surface area contributed by atoms with Crippen molar-refractivity contribution in [3.8, 4) is 11.3 Å². The first-order chi connectivity index (χ1) is 18.9. The van der Waals surface area contributed by atoms with Gasteiger partial charge in [0.15, 0.2) is 5.78 Å². The average Bonchev–Trinajstić information content (AvgIpc) is 3.39. The lowest BCUT2D eigenvalue weighted by molar-refractivity contribution is -0.137. The Morgan fingerprint density at radius 2 is 1.80 bits per heavy atom. The van der Waals surface area contributed by atoms with Gasteiger partial charge in [-0.05, 0) is 69.9 Å². The molecular weight excluding hydrogens is 531 g/mol. The molecule has 2 heterocycles. The molecule has 2 N–H and O–H groups in total. The number of benzene rings is 2. The molecule has 8 nitrogen and oxygen atoms in total. The van der Waals surface area contributed by atoms with E-state index in [9.17, 15) is 22.4 Å². The number of nitrogens with zero attached hydrogens (tertiary/aromatic N) is 2. The van der Waals surface area contributed by atoms with E-state index in [2.05, 4.69) is 14.7 Å². The van der Waals surface area contributed by atoms with E-state index in [1.165, 1.54) is 24.4 Å². The molecule has 0 radical (unpaired) electrons. The van der Waals surface area contributed by atoms with Gasteiger partial charge in [0.25, 0.3) is 0 Å². The number of piperidine rings is 1. The number of aromatic amines is 1.